The lowest BCUT2D eigenvalue weighted by Gasteiger charge is -2.09. The van der Waals surface area contributed by atoms with Crippen molar-refractivity contribution in [1.29, 1.82) is 0 Å². The van der Waals surface area contributed by atoms with Gasteiger partial charge in [-0.25, -0.2) is 25.3 Å². The van der Waals surface area contributed by atoms with E-state index in [0.717, 1.165) is 24.3 Å². The summed E-state index contributed by atoms with van der Waals surface area (Å²) in [6.07, 6.45) is 0. The van der Waals surface area contributed by atoms with Crippen LogP contribution in [0.4, 0.5) is 0 Å². The van der Waals surface area contributed by atoms with Crippen LogP contribution in [-0.4, -0.2) is 25.3 Å². The van der Waals surface area contributed by atoms with Crippen LogP contribution in [0.5, 0.6) is 0 Å². The van der Waals surface area contributed by atoms with Crippen molar-refractivity contribution >= 4 is 70.0 Å². The molecule has 0 aliphatic rings. The summed E-state index contributed by atoms with van der Waals surface area (Å²) >= 11 is 0. The average Bonchev–Trinajstić information content (AvgIpc) is 2.33. The summed E-state index contributed by atoms with van der Waals surface area (Å²) in [7, 11) is 2.81. The van der Waals surface area contributed by atoms with Gasteiger partial charge in [-0.3, -0.25) is 0 Å². The predicted molar refractivity (Wildman–Crippen MR) is 83.1 cm³/mol. The Morgan fingerprint density at radius 2 is 1.27 bits per heavy atom. The highest BCUT2D eigenvalue weighted by atomic mass is 35.7. The molecule has 0 N–H and O–H groups in total. The quantitative estimate of drug-likeness (QED) is 0.703. The van der Waals surface area contributed by atoms with E-state index in [9.17, 15) is 25.3 Å². The van der Waals surface area contributed by atoms with Crippen LogP contribution in [0.2, 0.25) is 0 Å². The third-order valence-corrected chi connectivity index (χ3v) is 6.93. The standard InChI is InChI=1S/C10H5Cl3O6S3/c11-20(14,15)7-2-3-8-6(5-7)1-4-9(21(12,16)17)10(8)22(13,18)19/h1-5H. The van der Waals surface area contributed by atoms with Gasteiger partial charge in [0, 0.05) is 37.4 Å². The van der Waals surface area contributed by atoms with Crippen molar-refractivity contribution in [2.75, 3.05) is 0 Å². The van der Waals surface area contributed by atoms with Crippen LogP contribution in [0.15, 0.2) is 45.0 Å². The molecule has 12 heteroatoms. The second kappa shape index (κ2) is 5.50. The number of hydrogen-bond donors (Lipinski definition) is 0. The van der Waals surface area contributed by atoms with Crippen LogP contribution in [0.3, 0.4) is 0 Å². The molecule has 0 saturated carbocycles. The van der Waals surface area contributed by atoms with Gasteiger partial charge in [-0.05, 0) is 23.6 Å². The molecule has 0 bridgehead atoms. The van der Waals surface area contributed by atoms with E-state index in [1.165, 1.54) is 6.07 Å². The maximum absolute atomic E-state index is 11.7. The van der Waals surface area contributed by atoms with Gasteiger partial charge in [0.25, 0.3) is 27.2 Å². The van der Waals surface area contributed by atoms with Crippen LogP contribution in [0, 0.1) is 0 Å². The Kier molecular flexibility index (Phi) is 4.44. The Hall–Kier alpha value is -0.580. The Bertz CT molecular complexity index is 1090. The first kappa shape index (κ1) is 17.8. The van der Waals surface area contributed by atoms with Gasteiger partial charge in [0.2, 0.25) is 0 Å². The fraction of sp³-hybridized carbons (Fsp3) is 0. The molecule has 0 aliphatic heterocycles. The average molecular weight is 424 g/mol. The number of benzene rings is 2. The number of hydrogen-bond acceptors (Lipinski definition) is 6. The van der Waals surface area contributed by atoms with Gasteiger partial charge in [-0.15, -0.1) is 0 Å². The summed E-state index contributed by atoms with van der Waals surface area (Å²) in [4.78, 5) is -1.69. The van der Waals surface area contributed by atoms with E-state index in [-0.39, 0.29) is 15.7 Å². The fourth-order valence-corrected chi connectivity index (χ4v) is 5.78. The number of rotatable bonds is 3. The SMILES string of the molecule is O=S(=O)(Cl)c1ccc2c(S(=O)(=O)Cl)c(S(=O)(=O)Cl)ccc2c1. The molecule has 0 heterocycles. The summed E-state index contributed by atoms with van der Waals surface area (Å²) in [5.74, 6) is 0. The molecule has 0 unspecified atom stereocenters. The summed E-state index contributed by atoms with van der Waals surface area (Å²) in [6.45, 7) is 0. The number of fused-ring (bicyclic) bond motifs is 1. The molecule has 0 aromatic heterocycles. The molecule has 0 amide bonds. The molecule has 0 atom stereocenters. The predicted octanol–water partition coefficient (Wildman–Crippen LogP) is 2.62. The molecule has 22 heavy (non-hydrogen) atoms. The lowest BCUT2D eigenvalue weighted by molar-refractivity contribution is 0.598. The molecule has 0 saturated heterocycles. The van der Waals surface area contributed by atoms with Crippen molar-refractivity contribution in [1.82, 2.24) is 0 Å². The summed E-state index contributed by atoms with van der Waals surface area (Å²) in [6, 6.07) is 5.33. The van der Waals surface area contributed by atoms with Crippen molar-refractivity contribution in [3.63, 3.8) is 0 Å². The first-order valence-electron chi connectivity index (χ1n) is 5.22. The topological polar surface area (TPSA) is 102 Å². The Labute approximate surface area is 139 Å². The second-order valence-electron chi connectivity index (χ2n) is 4.09. The second-order valence-corrected chi connectivity index (χ2v) is 11.7. The number of halogens is 3. The molecule has 0 aliphatic carbocycles. The van der Waals surface area contributed by atoms with E-state index in [2.05, 4.69) is 0 Å². The van der Waals surface area contributed by atoms with E-state index in [1.807, 2.05) is 0 Å². The minimum atomic E-state index is -4.47. The Morgan fingerprint density at radius 3 is 1.73 bits per heavy atom. The molecule has 2 rings (SSSR count). The van der Waals surface area contributed by atoms with Crippen molar-refractivity contribution in [3.05, 3.63) is 30.3 Å². The van der Waals surface area contributed by atoms with Crippen molar-refractivity contribution in [2.24, 2.45) is 0 Å². The third-order valence-electron chi connectivity index (χ3n) is 2.69. The normalized spacial score (nSPS) is 13.4. The summed E-state index contributed by atoms with van der Waals surface area (Å²) in [5.41, 5.74) is 0. The molecule has 120 valence electrons. The molecule has 6 nitrogen and oxygen atoms in total. The summed E-state index contributed by atoms with van der Waals surface area (Å²) in [5, 5.41) is 0.0193. The molecular formula is C10H5Cl3O6S3. The fourth-order valence-electron chi connectivity index (χ4n) is 1.85. The van der Waals surface area contributed by atoms with Gasteiger partial charge in [-0.2, -0.15) is 0 Å². The third kappa shape index (κ3) is 3.50. The zero-order valence-electron chi connectivity index (χ0n) is 10.2. The minimum absolute atomic E-state index is 0.0965. The van der Waals surface area contributed by atoms with Crippen molar-refractivity contribution < 1.29 is 25.3 Å². The first-order chi connectivity index (χ1) is 9.82. The van der Waals surface area contributed by atoms with Gasteiger partial charge in [0.1, 0.15) is 9.79 Å². The highest BCUT2D eigenvalue weighted by Crippen LogP contribution is 2.35. The van der Waals surface area contributed by atoms with Crippen LogP contribution < -0.4 is 0 Å². The van der Waals surface area contributed by atoms with E-state index in [1.54, 1.807) is 0 Å². The van der Waals surface area contributed by atoms with Crippen molar-refractivity contribution in [2.45, 2.75) is 14.7 Å². The molecule has 2 aromatic carbocycles. The molecular weight excluding hydrogens is 419 g/mol. The zero-order chi connectivity index (χ0) is 16.9. The van der Waals surface area contributed by atoms with Gasteiger partial charge < -0.3 is 0 Å². The van der Waals surface area contributed by atoms with Gasteiger partial charge >= 0.3 is 0 Å². The van der Waals surface area contributed by atoms with Crippen LogP contribution in [0.1, 0.15) is 0 Å². The summed E-state index contributed by atoms with van der Waals surface area (Å²) < 4.78 is 69.0. The minimum Gasteiger partial charge on any atom is -0.207 e. The molecule has 0 spiro atoms. The highest BCUT2D eigenvalue weighted by Gasteiger charge is 2.27. The van der Waals surface area contributed by atoms with Crippen LogP contribution >= 0.6 is 32.0 Å². The maximum Gasteiger partial charge on any atom is 0.263 e. The van der Waals surface area contributed by atoms with Crippen LogP contribution in [0.25, 0.3) is 10.8 Å². The molecule has 2 aromatic rings. The lowest BCUT2D eigenvalue weighted by Crippen LogP contribution is -2.03. The Balaban J connectivity index is 3.03. The van der Waals surface area contributed by atoms with E-state index in [4.69, 9.17) is 32.0 Å². The van der Waals surface area contributed by atoms with E-state index in [0.29, 0.717) is 0 Å². The van der Waals surface area contributed by atoms with Gasteiger partial charge in [0.15, 0.2) is 0 Å². The molecule has 0 fully saturated rings. The highest BCUT2D eigenvalue weighted by molar-refractivity contribution is 8.16. The van der Waals surface area contributed by atoms with E-state index >= 15 is 0 Å². The Morgan fingerprint density at radius 1 is 0.682 bits per heavy atom. The smallest absolute Gasteiger partial charge is 0.207 e. The maximum atomic E-state index is 11.7. The molecule has 0 radical (unpaired) electrons. The van der Waals surface area contributed by atoms with Gasteiger partial charge in [0.05, 0.1) is 4.90 Å². The van der Waals surface area contributed by atoms with Crippen LogP contribution in [-0.2, 0) is 27.2 Å². The lowest BCUT2D eigenvalue weighted by atomic mass is 10.1. The first-order valence-corrected chi connectivity index (χ1v) is 12.2. The monoisotopic (exact) mass is 422 g/mol. The van der Waals surface area contributed by atoms with Gasteiger partial charge in [-0.1, -0.05) is 12.1 Å². The van der Waals surface area contributed by atoms with E-state index < -0.39 is 36.9 Å². The van der Waals surface area contributed by atoms with Crippen molar-refractivity contribution in [3.8, 4) is 0 Å². The zero-order valence-corrected chi connectivity index (χ0v) is 14.9. The largest absolute Gasteiger partial charge is 0.263 e.